The molecule has 3 aliphatic rings. The number of hydrogen-bond donors (Lipinski definition) is 1. The highest BCUT2D eigenvalue weighted by molar-refractivity contribution is 5.91. The van der Waals surface area contributed by atoms with Gasteiger partial charge in [0.1, 0.15) is 22.9 Å². The minimum absolute atomic E-state index is 0.0564. The first-order chi connectivity index (χ1) is 19.2. The molecular weight excluding hydrogens is 521 g/mol. The molecule has 1 amide bonds. The van der Waals surface area contributed by atoms with Gasteiger partial charge in [-0.2, -0.15) is 13.2 Å². The Balaban J connectivity index is 1.20. The van der Waals surface area contributed by atoms with E-state index in [0.29, 0.717) is 23.7 Å². The molecule has 40 heavy (non-hydrogen) atoms. The van der Waals surface area contributed by atoms with E-state index in [0.717, 1.165) is 63.4 Å². The van der Waals surface area contributed by atoms with E-state index >= 15 is 0 Å². The molecule has 0 bridgehead atoms. The summed E-state index contributed by atoms with van der Waals surface area (Å²) < 4.78 is 52.8. The number of pyridine rings is 1. The van der Waals surface area contributed by atoms with E-state index < -0.39 is 17.6 Å². The number of carbonyl (C=O) groups excluding carboxylic acids is 1. The molecule has 0 radical (unpaired) electrons. The van der Waals surface area contributed by atoms with Crippen molar-refractivity contribution in [2.75, 3.05) is 24.6 Å². The van der Waals surface area contributed by atoms with E-state index in [9.17, 15) is 18.0 Å². The first-order valence-corrected chi connectivity index (χ1v) is 13.7. The van der Waals surface area contributed by atoms with E-state index in [-0.39, 0.29) is 28.3 Å². The Hall–Kier alpha value is -3.82. The third-order valence-electron chi connectivity index (χ3n) is 8.31. The Morgan fingerprint density at radius 3 is 2.60 bits per heavy atom. The fourth-order valence-corrected chi connectivity index (χ4v) is 6.09. The van der Waals surface area contributed by atoms with E-state index in [1.807, 2.05) is 13.0 Å². The molecule has 1 aliphatic heterocycles. The van der Waals surface area contributed by atoms with Gasteiger partial charge in [0, 0.05) is 36.2 Å². The molecule has 1 aromatic carbocycles. The number of hydrogen-bond acceptors (Lipinski definition) is 6. The molecular formula is C30H31F3N4O3. The lowest BCUT2D eigenvalue weighted by molar-refractivity contribution is -0.137. The third-order valence-corrected chi connectivity index (χ3v) is 8.31. The Bertz CT molecular complexity index is 1460. The second-order valence-corrected chi connectivity index (χ2v) is 11.1. The van der Waals surface area contributed by atoms with Crippen LogP contribution in [0.25, 0.3) is 17.3 Å². The standard InChI is InChI=1S/C30H31F3N4O3/c1-2-39-25-14-23(28(34)38)35-17-24(25)37-11-9-29(10-12-37)15-18(16-29)13-21-26(36-40-27(21)19-7-8-19)20-5-3-4-6-22(20)30(31,32)33/h3-6,13-14,17,19H,2,7-12,15-16H2,1H3,(H2,34,38). The number of primary amides is 1. The lowest BCUT2D eigenvalue weighted by Gasteiger charge is -2.50. The highest BCUT2D eigenvalue weighted by atomic mass is 19.4. The monoisotopic (exact) mass is 552 g/mol. The Morgan fingerprint density at radius 1 is 1.23 bits per heavy atom. The molecule has 1 saturated heterocycles. The number of nitrogens with two attached hydrogens (primary N) is 1. The summed E-state index contributed by atoms with van der Waals surface area (Å²) in [7, 11) is 0. The van der Waals surface area contributed by atoms with Crippen molar-refractivity contribution < 1.29 is 27.2 Å². The van der Waals surface area contributed by atoms with Gasteiger partial charge in [0.15, 0.2) is 0 Å². The number of alkyl halides is 3. The van der Waals surface area contributed by atoms with Crippen molar-refractivity contribution in [1.29, 1.82) is 0 Å². The van der Waals surface area contributed by atoms with Crippen LogP contribution in [0.2, 0.25) is 0 Å². The predicted molar refractivity (Wildman–Crippen MR) is 144 cm³/mol. The van der Waals surface area contributed by atoms with Crippen molar-refractivity contribution in [3.05, 3.63) is 64.7 Å². The zero-order valence-corrected chi connectivity index (χ0v) is 22.3. The topological polar surface area (TPSA) is 94.5 Å². The fraction of sp³-hybridized carbons (Fsp3) is 0.433. The molecule has 10 heteroatoms. The van der Waals surface area contributed by atoms with Gasteiger partial charge in [0.05, 0.1) is 24.1 Å². The largest absolute Gasteiger partial charge is 0.492 e. The van der Waals surface area contributed by atoms with Crippen LogP contribution in [0.4, 0.5) is 18.9 Å². The molecule has 210 valence electrons. The number of ether oxygens (including phenoxy) is 1. The van der Waals surface area contributed by atoms with Gasteiger partial charge < -0.3 is 19.9 Å². The minimum Gasteiger partial charge on any atom is -0.492 e. The number of nitrogens with zero attached hydrogens (tertiary/aromatic N) is 3. The van der Waals surface area contributed by atoms with Crippen molar-refractivity contribution >= 4 is 17.7 Å². The van der Waals surface area contributed by atoms with Gasteiger partial charge in [-0.25, -0.2) is 4.98 Å². The third kappa shape index (κ3) is 4.95. The van der Waals surface area contributed by atoms with Crippen LogP contribution in [0, 0.1) is 5.41 Å². The average molecular weight is 553 g/mol. The Labute approximate surface area is 230 Å². The maximum Gasteiger partial charge on any atom is 0.417 e. The summed E-state index contributed by atoms with van der Waals surface area (Å²) in [5.41, 5.74) is 8.12. The Morgan fingerprint density at radius 2 is 1.95 bits per heavy atom. The fourth-order valence-electron chi connectivity index (χ4n) is 6.09. The maximum absolute atomic E-state index is 13.8. The number of carbonyl (C=O) groups is 1. The number of piperidine rings is 1. The van der Waals surface area contributed by atoms with Crippen molar-refractivity contribution in [1.82, 2.24) is 10.1 Å². The number of anilines is 1. The van der Waals surface area contributed by atoms with Crippen molar-refractivity contribution in [3.8, 4) is 17.0 Å². The molecule has 6 rings (SSSR count). The van der Waals surface area contributed by atoms with Crippen LogP contribution in [-0.2, 0) is 6.18 Å². The van der Waals surface area contributed by atoms with Gasteiger partial charge in [-0.15, -0.1) is 0 Å². The lowest BCUT2D eigenvalue weighted by atomic mass is 9.60. The van der Waals surface area contributed by atoms with E-state index in [4.69, 9.17) is 15.0 Å². The van der Waals surface area contributed by atoms with Crippen LogP contribution in [0.5, 0.6) is 5.75 Å². The lowest BCUT2D eigenvalue weighted by Crippen LogP contribution is -2.44. The SMILES string of the molecule is CCOc1cc(C(N)=O)ncc1N1CCC2(CC1)CC(=Cc1c(-c3ccccc3C(F)(F)F)noc1C1CC1)C2. The van der Waals surface area contributed by atoms with Gasteiger partial charge in [-0.05, 0) is 63.0 Å². The minimum atomic E-state index is -4.48. The number of benzene rings is 1. The van der Waals surface area contributed by atoms with Crippen LogP contribution in [0.15, 0.2) is 46.6 Å². The van der Waals surface area contributed by atoms with Crippen molar-refractivity contribution in [2.24, 2.45) is 11.1 Å². The van der Waals surface area contributed by atoms with Crippen LogP contribution in [0.1, 0.15) is 78.7 Å². The predicted octanol–water partition coefficient (Wildman–Crippen LogP) is 6.59. The number of halogens is 3. The molecule has 1 spiro atoms. The summed E-state index contributed by atoms with van der Waals surface area (Å²) in [6, 6.07) is 7.16. The summed E-state index contributed by atoms with van der Waals surface area (Å²) in [5, 5.41) is 4.15. The maximum atomic E-state index is 13.8. The van der Waals surface area contributed by atoms with Crippen LogP contribution < -0.4 is 15.4 Å². The van der Waals surface area contributed by atoms with Gasteiger partial charge in [-0.3, -0.25) is 4.79 Å². The van der Waals surface area contributed by atoms with Gasteiger partial charge in [-0.1, -0.05) is 28.9 Å². The first-order valence-electron chi connectivity index (χ1n) is 13.7. The number of aromatic nitrogens is 2. The second kappa shape index (κ2) is 9.98. The molecule has 2 N–H and O–H groups in total. The highest BCUT2D eigenvalue weighted by Crippen LogP contribution is 2.55. The summed E-state index contributed by atoms with van der Waals surface area (Å²) in [5.74, 6) is 0.924. The molecule has 7 nitrogen and oxygen atoms in total. The number of rotatable bonds is 7. The van der Waals surface area contributed by atoms with Gasteiger partial charge in [0.2, 0.25) is 0 Å². The average Bonchev–Trinajstić information content (AvgIpc) is 3.67. The molecule has 2 aliphatic carbocycles. The molecule has 2 saturated carbocycles. The summed E-state index contributed by atoms with van der Waals surface area (Å²) in [4.78, 5) is 18.0. The Kier molecular flexibility index (Phi) is 6.59. The molecule has 0 unspecified atom stereocenters. The van der Waals surface area contributed by atoms with Gasteiger partial charge >= 0.3 is 6.18 Å². The summed E-state index contributed by atoms with van der Waals surface area (Å²) in [6.45, 7) is 3.98. The van der Waals surface area contributed by atoms with E-state index in [1.54, 1.807) is 18.3 Å². The van der Waals surface area contributed by atoms with Crippen LogP contribution >= 0.6 is 0 Å². The van der Waals surface area contributed by atoms with Crippen molar-refractivity contribution in [2.45, 2.75) is 57.5 Å². The highest BCUT2D eigenvalue weighted by Gasteiger charge is 2.44. The number of amides is 1. The summed E-state index contributed by atoms with van der Waals surface area (Å²) >= 11 is 0. The second-order valence-electron chi connectivity index (χ2n) is 11.1. The number of allylic oxidation sites excluding steroid dienone is 1. The molecule has 3 aromatic rings. The van der Waals surface area contributed by atoms with Crippen LogP contribution in [0.3, 0.4) is 0 Å². The zero-order valence-electron chi connectivity index (χ0n) is 22.3. The quantitative estimate of drug-likeness (QED) is 0.355. The zero-order chi connectivity index (χ0) is 28.1. The van der Waals surface area contributed by atoms with Crippen molar-refractivity contribution in [3.63, 3.8) is 0 Å². The molecule has 0 atom stereocenters. The smallest absolute Gasteiger partial charge is 0.417 e. The first kappa shape index (κ1) is 26.4. The molecule has 3 fully saturated rings. The van der Waals surface area contributed by atoms with Gasteiger partial charge in [0.25, 0.3) is 5.91 Å². The summed E-state index contributed by atoms with van der Waals surface area (Å²) in [6.07, 6.45) is 4.86. The van der Waals surface area contributed by atoms with E-state index in [2.05, 4.69) is 15.0 Å². The molecule has 2 aromatic heterocycles. The molecule has 3 heterocycles. The van der Waals surface area contributed by atoms with E-state index in [1.165, 1.54) is 17.7 Å². The normalized spacial score (nSPS) is 18.5. The van der Waals surface area contributed by atoms with Crippen LogP contribution in [-0.4, -0.2) is 35.7 Å².